The number of para-hydroxylation sites is 1. The molecule has 26 heavy (non-hydrogen) atoms. The van der Waals surface area contributed by atoms with Crippen LogP contribution in [0.2, 0.25) is 0 Å². The maximum absolute atomic E-state index is 12.1. The van der Waals surface area contributed by atoms with Crippen molar-refractivity contribution in [3.8, 4) is 0 Å². The molecule has 9 heteroatoms. The van der Waals surface area contributed by atoms with E-state index in [9.17, 15) is 20.1 Å². The number of aliphatic hydroxyl groups excluding tert-OH is 3. The van der Waals surface area contributed by atoms with Gasteiger partial charge in [0.15, 0.2) is 6.29 Å². The number of carbonyl (C=O) groups is 1. The van der Waals surface area contributed by atoms with Gasteiger partial charge in [0, 0.05) is 23.5 Å². The summed E-state index contributed by atoms with van der Waals surface area (Å²) in [5.74, 6) is -0.676. The van der Waals surface area contributed by atoms with Gasteiger partial charge in [0.1, 0.15) is 31.0 Å². The Morgan fingerprint density at radius 1 is 1.27 bits per heavy atom. The number of nitrogens with two attached hydrogens (primary N) is 2. The molecule has 2 aromatic rings. The highest BCUT2D eigenvalue weighted by Crippen LogP contribution is 2.20. The zero-order valence-electron chi connectivity index (χ0n) is 14.0. The molecule has 1 aliphatic rings. The third kappa shape index (κ3) is 3.73. The first-order valence-electron chi connectivity index (χ1n) is 8.31. The van der Waals surface area contributed by atoms with E-state index in [1.807, 2.05) is 24.3 Å². The van der Waals surface area contributed by atoms with Crippen LogP contribution in [0.3, 0.4) is 0 Å². The predicted octanol–water partition coefficient (Wildman–Crippen LogP) is -1.65. The largest absolute Gasteiger partial charge is 0.462 e. The molecule has 0 saturated carbocycles. The molecule has 1 aromatic heterocycles. The molecule has 1 saturated heterocycles. The van der Waals surface area contributed by atoms with Gasteiger partial charge < -0.3 is 41.2 Å². The van der Waals surface area contributed by atoms with Gasteiger partial charge in [0.05, 0.1) is 6.04 Å². The van der Waals surface area contributed by atoms with Crippen molar-refractivity contribution >= 4 is 16.9 Å². The molecule has 2 heterocycles. The van der Waals surface area contributed by atoms with Gasteiger partial charge in [0.25, 0.3) is 0 Å². The van der Waals surface area contributed by atoms with Gasteiger partial charge in [-0.15, -0.1) is 0 Å². The zero-order valence-corrected chi connectivity index (χ0v) is 14.0. The Bertz CT molecular complexity index is 766. The molecule has 0 radical (unpaired) electrons. The number of rotatable bonds is 5. The monoisotopic (exact) mass is 365 g/mol. The van der Waals surface area contributed by atoms with Crippen molar-refractivity contribution in [3.63, 3.8) is 0 Å². The van der Waals surface area contributed by atoms with Gasteiger partial charge in [-0.2, -0.15) is 0 Å². The maximum atomic E-state index is 12.1. The Balaban J connectivity index is 1.56. The first-order valence-corrected chi connectivity index (χ1v) is 8.31. The second-order valence-corrected chi connectivity index (χ2v) is 6.42. The molecule has 0 bridgehead atoms. The summed E-state index contributed by atoms with van der Waals surface area (Å²) in [6.45, 7) is -0.359. The second kappa shape index (κ2) is 7.70. The molecule has 1 aliphatic heterocycles. The number of nitrogens with one attached hydrogen (secondary N) is 1. The number of benzene rings is 1. The average Bonchev–Trinajstić information content (AvgIpc) is 3.04. The van der Waals surface area contributed by atoms with E-state index in [1.54, 1.807) is 6.20 Å². The number of aliphatic hydroxyl groups is 3. The molecule has 1 aromatic carbocycles. The van der Waals surface area contributed by atoms with Crippen molar-refractivity contribution in [2.45, 2.75) is 43.1 Å². The summed E-state index contributed by atoms with van der Waals surface area (Å²) in [4.78, 5) is 15.2. The number of carbonyl (C=O) groups excluding carboxylic acids is 1. The third-order valence-electron chi connectivity index (χ3n) is 4.58. The third-order valence-corrected chi connectivity index (χ3v) is 4.58. The number of fused-ring (bicyclic) bond motifs is 1. The molecule has 9 nitrogen and oxygen atoms in total. The SMILES string of the molecule is NC(Cc1c[nH]c2ccccc12)C(=O)OCC1OC(O)C(N)C(O)C1O. The van der Waals surface area contributed by atoms with Crippen LogP contribution in [0.15, 0.2) is 30.5 Å². The van der Waals surface area contributed by atoms with E-state index in [0.29, 0.717) is 0 Å². The standard InChI is InChI=1S/C17H23N3O6/c18-10(5-8-6-20-11-4-2-1-3-9(8)11)16(23)25-7-12-14(21)15(22)13(19)17(24)26-12/h1-4,6,10,12-15,17,20-22,24H,5,7,18-19H2. The van der Waals surface area contributed by atoms with Crippen molar-refractivity contribution in [3.05, 3.63) is 36.0 Å². The van der Waals surface area contributed by atoms with Crippen molar-refractivity contribution in [2.75, 3.05) is 6.61 Å². The lowest BCUT2D eigenvalue weighted by atomic mass is 9.98. The number of aromatic amines is 1. The highest BCUT2D eigenvalue weighted by molar-refractivity contribution is 5.84. The van der Waals surface area contributed by atoms with E-state index < -0.39 is 42.7 Å². The number of esters is 1. The molecule has 0 aliphatic carbocycles. The fourth-order valence-corrected chi connectivity index (χ4v) is 3.00. The number of H-pyrrole nitrogens is 1. The summed E-state index contributed by atoms with van der Waals surface area (Å²) in [5.41, 5.74) is 13.2. The molecule has 8 N–H and O–H groups in total. The molecule has 0 amide bonds. The van der Waals surface area contributed by atoms with Crippen LogP contribution in [-0.2, 0) is 20.7 Å². The Kier molecular flexibility index (Phi) is 5.56. The summed E-state index contributed by atoms with van der Waals surface area (Å²) in [6, 6.07) is 5.60. The number of hydrogen-bond donors (Lipinski definition) is 6. The van der Waals surface area contributed by atoms with E-state index in [4.69, 9.17) is 20.9 Å². The normalized spacial score (nSPS) is 30.3. The fraction of sp³-hybridized carbons (Fsp3) is 0.471. The number of aromatic nitrogens is 1. The van der Waals surface area contributed by atoms with Gasteiger partial charge in [0.2, 0.25) is 0 Å². The summed E-state index contributed by atoms with van der Waals surface area (Å²) in [7, 11) is 0. The van der Waals surface area contributed by atoms with Crippen molar-refractivity contribution < 1.29 is 29.6 Å². The van der Waals surface area contributed by atoms with Crippen LogP contribution in [0.25, 0.3) is 10.9 Å². The molecule has 1 fully saturated rings. The number of hydrogen-bond acceptors (Lipinski definition) is 8. The fourth-order valence-electron chi connectivity index (χ4n) is 3.00. The molecular formula is C17H23N3O6. The second-order valence-electron chi connectivity index (χ2n) is 6.42. The first-order chi connectivity index (χ1) is 12.4. The minimum atomic E-state index is -1.46. The molecular weight excluding hydrogens is 342 g/mol. The van der Waals surface area contributed by atoms with Crippen LogP contribution in [0.5, 0.6) is 0 Å². The lowest BCUT2D eigenvalue weighted by Gasteiger charge is -2.38. The zero-order chi connectivity index (χ0) is 18.8. The van der Waals surface area contributed by atoms with Gasteiger partial charge >= 0.3 is 5.97 Å². The summed E-state index contributed by atoms with van der Waals surface area (Å²) >= 11 is 0. The topological polar surface area (TPSA) is 164 Å². The Hall–Kier alpha value is -2.01. The van der Waals surface area contributed by atoms with Crippen molar-refractivity contribution in [1.82, 2.24) is 4.98 Å². The highest BCUT2D eigenvalue weighted by Gasteiger charge is 2.42. The Morgan fingerprint density at radius 3 is 2.77 bits per heavy atom. The highest BCUT2D eigenvalue weighted by atomic mass is 16.6. The van der Waals surface area contributed by atoms with Crippen LogP contribution >= 0.6 is 0 Å². The van der Waals surface area contributed by atoms with E-state index in [0.717, 1.165) is 16.5 Å². The molecule has 142 valence electrons. The first kappa shape index (κ1) is 18.8. The van der Waals surface area contributed by atoms with E-state index >= 15 is 0 Å². The van der Waals surface area contributed by atoms with Crippen LogP contribution < -0.4 is 11.5 Å². The smallest absolute Gasteiger partial charge is 0.323 e. The lowest BCUT2D eigenvalue weighted by Crippen LogP contribution is -2.62. The minimum Gasteiger partial charge on any atom is -0.462 e. The van der Waals surface area contributed by atoms with Gasteiger partial charge in [-0.1, -0.05) is 18.2 Å². The lowest BCUT2D eigenvalue weighted by molar-refractivity contribution is -0.251. The number of ether oxygens (including phenoxy) is 2. The van der Waals surface area contributed by atoms with Crippen LogP contribution in [0.4, 0.5) is 0 Å². The van der Waals surface area contributed by atoms with Crippen LogP contribution in [0, 0.1) is 0 Å². The van der Waals surface area contributed by atoms with Crippen molar-refractivity contribution in [2.24, 2.45) is 11.5 Å². The molecule has 6 atom stereocenters. The quantitative estimate of drug-likeness (QED) is 0.343. The van der Waals surface area contributed by atoms with Crippen LogP contribution in [-0.4, -0.2) is 69.6 Å². The molecule has 3 rings (SSSR count). The Morgan fingerprint density at radius 2 is 2.00 bits per heavy atom. The van der Waals surface area contributed by atoms with Gasteiger partial charge in [-0.05, 0) is 11.6 Å². The Labute approximate surface area is 149 Å². The summed E-state index contributed by atoms with van der Waals surface area (Å²) < 4.78 is 10.2. The average molecular weight is 365 g/mol. The van der Waals surface area contributed by atoms with Crippen LogP contribution in [0.1, 0.15) is 5.56 Å². The van der Waals surface area contributed by atoms with Gasteiger partial charge in [-0.3, -0.25) is 4.79 Å². The van der Waals surface area contributed by atoms with E-state index in [-0.39, 0.29) is 13.0 Å². The maximum Gasteiger partial charge on any atom is 0.323 e. The molecule has 6 unspecified atom stereocenters. The summed E-state index contributed by atoms with van der Waals surface area (Å²) in [6.07, 6.45) is -3.26. The summed E-state index contributed by atoms with van der Waals surface area (Å²) in [5, 5.41) is 30.2. The minimum absolute atomic E-state index is 0.271. The predicted molar refractivity (Wildman–Crippen MR) is 91.8 cm³/mol. The van der Waals surface area contributed by atoms with E-state index in [2.05, 4.69) is 4.98 Å². The van der Waals surface area contributed by atoms with E-state index in [1.165, 1.54) is 0 Å². The van der Waals surface area contributed by atoms with Gasteiger partial charge in [-0.25, -0.2) is 0 Å². The van der Waals surface area contributed by atoms with Crippen molar-refractivity contribution in [1.29, 1.82) is 0 Å². The molecule has 0 spiro atoms.